The summed E-state index contributed by atoms with van der Waals surface area (Å²) in [5.41, 5.74) is 6.68. The van der Waals surface area contributed by atoms with Crippen LogP contribution in [0.15, 0.2) is 23.1 Å². The van der Waals surface area contributed by atoms with E-state index >= 15 is 0 Å². The molecule has 3 heteroatoms. The second-order valence-electron chi connectivity index (χ2n) is 2.72. The Hall–Kier alpha value is -0.670. The molecule has 1 rings (SSSR count). The van der Waals surface area contributed by atoms with Crippen molar-refractivity contribution in [3.05, 3.63) is 23.8 Å². The molecule has 0 heterocycles. The highest BCUT2D eigenvalue weighted by atomic mass is 32.2. The molecule has 1 aromatic carbocycles. The molecule has 0 saturated heterocycles. The van der Waals surface area contributed by atoms with Crippen LogP contribution < -0.4 is 10.5 Å². The van der Waals surface area contributed by atoms with Crippen molar-refractivity contribution in [3.63, 3.8) is 0 Å². The summed E-state index contributed by atoms with van der Waals surface area (Å²) in [4.78, 5) is 1.22. The van der Waals surface area contributed by atoms with Gasteiger partial charge < -0.3 is 10.5 Å². The number of hydrogen-bond donors (Lipinski definition) is 1. The van der Waals surface area contributed by atoms with Gasteiger partial charge in [0.2, 0.25) is 0 Å². The smallest absolute Gasteiger partial charge is 0.123 e. The van der Waals surface area contributed by atoms with E-state index in [4.69, 9.17) is 10.5 Å². The van der Waals surface area contributed by atoms with Crippen LogP contribution in [0.25, 0.3) is 0 Å². The lowest BCUT2D eigenvalue weighted by molar-refractivity contribution is 0.408. The summed E-state index contributed by atoms with van der Waals surface area (Å²) in [5, 5.41) is 0. The molecule has 0 bridgehead atoms. The monoisotopic (exact) mass is 197 g/mol. The Bertz CT molecular complexity index is 276. The first-order valence-corrected chi connectivity index (χ1v) is 5.45. The van der Waals surface area contributed by atoms with E-state index in [0.29, 0.717) is 6.54 Å². The lowest BCUT2D eigenvalue weighted by atomic mass is 10.1. The number of ether oxygens (including phenoxy) is 1. The first-order chi connectivity index (χ1) is 6.31. The number of rotatable bonds is 4. The Morgan fingerprint density at radius 2 is 2.23 bits per heavy atom. The van der Waals surface area contributed by atoms with Crippen molar-refractivity contribution < 1.29 is 4.74 Å². The van der Waals surface area contributed by atoms with Crippen molar-refractivity contribution in [1.82, 2.24) is 0 Å². The summed E-state index contributed by atoms with van der Waals surface area (Å²) in [6, 6.07) is 6.23. The molecule has 2 nitrogen and oxygen atoms in total. The van der Waals surface area contributed by atoms with E-state index in [2.05, 4.69) is 24.5 Å². The minimum atomic E-state index is 0.662. The third-order valence-corrected chi connectivity index (χ3v) is 2.63. The fourth-order valence-electron chi connectivity index (χ4n) is 1.21. The third-order valence-electron chi connectivity index (χ3n) is 1.91. The van der Waals surface area contributed by atoms with Gasteiger partial charge in [-0.25, -0.2) is 0 Å². The van der Waals surface area contributed by atoms with Crippen LogP contribution >= 0.6 is 11.8 Å². The first kappa shape index (κ1) is 10.4. The lowest BCUT2D eigenvalue weighted by Gasteiger charge is -2.08. The maximum absolute atomic E-state index is 5.49. The van der Waals surface area contributed by atoms with Crippen LogP contribution in [0.1, 0.15) is 5.56 Å². The first-order valence-electron chi connectivity index (χ1n) is 4.22. The summed E-state index contributed by atoms with van der Waals surface area (Å²) < 4.78 is 5.27. The van der Waals surface area contributed by atoms with E-state index in [1.165, 1.54) is 10.5 Å². The normalized spacial score (nSPS) is 10.1. The van der Waals surface area contributed by atoms with Gasteiger partial charge in [-0.3, -0.25) is 0 Å². The second-order valence-corrected chi connectivity index (χ2v) is 3.60. The van der Waals surface area contributed by atoms with Crippen LogP contribution in [0.3, 0.4) is 0 Å². The molecule has 0 aliphatic carbocycles. The molecule has 0 radical (unpaired) electrons. The molecule has 0 aliphatic rings. The van der Waals surface area contributed by atoms with Crippen molar-refractivity contribution in [2.24, 2.45) is 5.73 Å². The fraction of sp³-hybridized carbons (Fsp3) is 0.400. The van der Waals surface area contributed by atoms with E-state index in [9.17, 15) is 0 Å². The molecule has 1 aromatic rings. The molecule has 0 aliphatic heterocycles. The van der Waals surface area contributed by atoms with E-state index < -0.39 is 0 Å². The number of benzene rings is 1. The van der Waals surface area contributed by atoms with Crippen molar-refractivity contribution in [2.75, 3.05) is 19.9 Å². The van der Waals surface area contributed by atoms with Crippen LogP contribution in [0.2, 0.25) is 0 Å². The Morgan fingerprint density at radius 3 is 2.77 bits per heavy atom. The van der Waals surface area contributed by atoms with Crippen molar-refractivity contribution in [3.8, 4) is 5.75 Å². The molecular formula is C10H15NOS. The van der Waals surface area contributed by atoms with Gasteiger partial charge in [-0.1, -0.05) is 6.07 Å². The van der Waals surface area contributed by atoms with Gasteiger partial charge >= 0.3 is 0 Å². The third kappa shape index (κ3) is 2.64. The lowest BCUT2D eigenvalue weighted by Crippen LogP contribution is -2.04. The average Bonchev–Trinajstić information content (AvgIpc) is 2.19. The van der Waals surface area contributed by atoms with Gasteiger partial charge in [-0.2, -0.15) is 0 Å². The Balaban J connectivity index is 2.93. The number of methoxy groups -OCH3 is 1. The van der Waals surface area contributed by atoms with Gasteiger partial charge in [0, 0.05) is 4.90 Å². The van der Waals surface area contributed by atoms with Gasteiger partial charge in [-0.15, -0.1) is 11.8 Å². The summed E-state index contributed by atoms with van der Waals surface area (Å²) in [7, 11) is 1.69. The van der Waals surface area contributed by atoms with Crippen LogP contribution in [-0.4, -0.2) is 19.9 Å². The van der Waals surface area contributed by atoms with Gasteiger partial charge in [0.05, 0.1) is 7.11 Å². The average molecular weight is 197 g/mol. The summed E-state index contributed by atoms with van der Waals surface area (Å²) >= 11 is 1.71. The molecule has 0 saturated carbocycles. The van der Waals surface area contributed by atoms with Crippen molar-refractivity contribution >= 4 is 11.8 Å². The second kappa shape index (κ2) is 5.14. The van der Waals surface area contributed by atoms with E-state index in [-0.39, 0.29) is 0 Å². The molecule has 0 aromatic heterocycles. The molecular weight excluding hydrogens is 182 g/mol. The Morgan fingerprint density at radius 1 is 1.46 bits per heavy atom. The van der Waals surface area contributed by atoms with Crippen LogP contribution in [-0.2, 0) is 6.42 Å². The highest BCUT2D eigenvalue weighted by molar-refractivity contribution is 7.98. The van der Waals surface area contributed by atoms with E-state index in [0.717, 1.165) is 12.2 Å². The van der Waals surface area contributed by atoms with Gasteiger partial charge in [-0.05, 0) is 36.9 Å². The predicted molar refractivity (Wildman–Crippen MR) is 57.5 cm³/mol. The topological polar surface area (TPSA) is 35.2 Å². The van der Waals surface area contributed by atoms with Crippen molar-refractivity contribution in [2.45, 2.75) is 11.3 Å². The summed E-state index contributed by atoms with van der Waals surface area (Å²) in [5.74, 6) is 0.942. The van der Waals surface area contributed by atoms with Crippen LogP contribution in [0.5, 0.6) is 5.75 Å². The molecule has 0 amide bonds. The minimum Gasteiger partial charge on any atom is -0.496 e. The maximum atomic E-state index is 5.49. The molecule has 72 valence electrons. The van der Waals surface area contributed by atoms with Gasteiger partial charge in [0.1, 0.15) is 5.75 Å². The largest absolute Gasteiger partial charge is 0.496 e. The predicted octanol–water partition coefficient (Wildman–Crippen LogP) is 1.92. The highest BCUT2D eigenvalue weighted by Gasteiger charge is 2.02. The van der Waals surface area contributed by atoms with E-state index in [1.807, 2.05) is 0 Å². The zero-order chi connectivity index (χ0) is 9.68. The number of hydrogen-bond acceptors (Lipinski definition) is 3. The Labute approximate surface area is 83.5 Å². The quantitative estimate of drug-likeness (QED) is 0.749. The van der Waals surface area contributed by atoms with Crippen LogP contribution in [0.4, 0.5) is 0 Å². The summed E-state index contributed by atoms with van der Waals surface area (Å²) in [6.45, 7) is 0.662. The van der Waals surface area contributed by atoms with E-state index in [1.54, 1.807) is 18.9 Å². The van der Waals surface area contributed by atoms with Gasteiger partial charge in [0.25, 0.3) is 0 Å². The fourth-order valence-corrected chi connectivity index (χ4v) is 1.64. The molecule has 2 N–H and O–H groups in total. The SMILES string of the molecule is COc1cc(SC)ccc1CCN. The molecule has 13 heavy (non-hydrogen) atoms. The van der Waals surface area contributed by atoms with Crippen molar-refractivity contribution in [1.29, 1.82) is 0 Å². The van der Waals surface area contributed by atoms with Crippen LogP contribution in [0, 0.1) is 0 Å². The molecule has 0 fully saturated rings. The Kier molecular flexibility index (Phi) is 4.12. The molecule has 0 atom stereocenters. The highest BCUT2D eigenvalue weighted by Crippen LogP contribution is 2.25. The van der Waals surface area contributed by atoms with Gasteiger partial charge in [0.15, 0.2) is 0 Å². The molecule has 0 spiro atoms. The summed E-state index contributed by atoms with van der Waals surface area (Å²) in [6.07, 6.45) is 2.93. The number of thioether (sulfide) groups is 1. The minimum absolute atomic E-state index is 0.662. The number of nitrogens with two attached hydrogens (primary N) is 1. The standard InChI is InChI=1S/C10H15NOS/c1-12-10-7-9(13-2)4-3-8(10)5-6-11/h3-4,7H,5-6,11H2,1-2H3. The zero-order valence-corrected chi connectivity index (χ0v) is 8.86. The zero-order valence-electron chi connectivity index (χ0n) is 8.04. The maximum Gasteiger partial charge on any atom is 0.123 e. The molecule has 0 unspecified atom stereocenters.